The molecule has 16 heavy (non-hydrogen) atoms. The number of hydrogen-bond acceptors (Lipinski definition) is 4. The van der Waals surface area contributed by atoms with Gasteiger partial charge in [-0.05, 0) is 0 Å². The van der Waals surface area contributed by atoms with Crippen LogP contribution in [0, 0.1) is 0 Å². The summed E-state index contributed by atoms with van der Waals surface area (Å²) >= 11 is 0. The van der Waals surface area contributed by atoms with Crippen molar-refractivity contribution in [2.75, 3.05) is 31.2 Å². The summed E-state index contributed by atoms with van der Waals surface area (Å²) < 4.78 is 11.0. The molecule has 1 aliphatic rings. The quantitative estimate of drug-likeness (QED) is 0.548. The van der Waals surface area contributed by atoms with Gasteiger partial charge in [0.2, 0.25) is 0 Å². The molecule has 0 spiro atoms. The zero-order chi connectivity index (χ0) is 12.1. The maximum absolute atomic E-state index is 11.5. The Morgan fingerprint density at radius 1 is 1.38 bits per heavy atom. The molecular weight excluding hydrogens is 236 g/mol. The van der Waals surface area contributed by atoms with Crippen molar-refractivity contribution in [1.82, 2.24) is 10.2 Å². The van der Waals surface area contributed by atoms with E-state index in [1.165, 1.54) is 4.90 Å². The number of hydrogen-bond donors (Lipinski definition) is 3. The van der Waals surface area contributed by atoms with Crippen LogP contribution in [0.3, 0.4) is 0 Å². The maximum Gasteiger partial charge on any atom is 0.328 e. The van der Waals surface area contributed by atoms with Gasteiger partial charge in [-0.1, -0.05) is 0 Å². The third kappa shape index (κ3) is 3.46. The lowest BCUT2D eigenvalue weighted by Crippen LogP contribution is -2.52. The highest BCUT2D eigenvalue weighted by Crippen LogP contribution is 2.00. The molecule has 0 aromatic rings. The minimum absolute atomic E-state index is 0.343. The molecule has 1 fully saturated rings. The van der Waals surface area contributed by atoms with Crippen LogP contribution >= 0.6 is 0 Å². The van der Waals surface area contributed by atoms with Gasteiger partial charge >= 0.3 is 12.0 Å². The number of nitrogens with one attached hydrogen (secondary N) is 1. The van der Waals surface area contributed by atoms with Gasteiger partial charge in [0, 0.05) is 35.4 Å². The molecule has 2 amide bonds. The SMILES string of the molecule is O=C(O)C(CO)NC(=O)N1CCS(=O)CC1. The fraction of sp³-hybridized carbons (Fsp3) is 0.750. The van der Waals surface area contributed by atoms with E-state index in [0.717, 1.165) is 0 Å². The maximum atomic E-state index is 11.5. The van der Waals surface area contributed by atoms with E-state index < -0.39 is 35.4 Å². The number of amides is 2. The minimum Gasteiger partial charge on any atom is -0.480 e. The van der Waals surface area contributed by atoms with Gasteiger partial charge < -0.3 is 20.4 Å². The second-order valence-electron chi connectivity index (χ2n) is 3.36. The molecule has 0 bridgehead atoms. The highest BCUT2D eigenvalue weighted by Gasteiger charge is 2.24. The van der Waals surface area contributed by atoms with E-state index >= 15 is 0 Å². The van der Waals surface area contributed by atoms with Crippen LogP contribution < -0.4 is 5.32 Å². The molecule has 0 radical (unpaired) electrons. The Labute approximate surface area is 94.9 Å². The summed E-state index contributed by atoms with van der Waals surface area (Å²) in [6.45, 7) is 0.0350. The van der Waals surface area contributed by atoms with Crippen molar-refractivity contribution in [1.29, 1.82) is 0 Å². The van der Waals surface area contributed by atoms with Gasteiger partial charge in [-0.15, -0.1) is 0 Å². The van der Waals surface area contributed by atoms with Crippen LogP contribution in [0.25, 0.3) is 0 Å². The lowest BCUT2D eigenvalue weighted by molar-refractivity contribution is -0.140. The van der Waals surface area contributed by atoms with E-state index in [0.29, 0.717) is 24.6 Å². The van der Waals surface area contributed by atoms with Crippen molar-refractivity contribution in [3.63, 3.8) is 0 Å². The molecule has 92 valence electrons. The zero-order valence-corrected chi connectivity index (χ0v) is 9.40. The Balaban J connectivity index is 2.45. The minimum atomic E-state index is -1.29. The monoisotopic (exact) mass is 250 g/mol. The lowest BCUT2D eigenvalue weighted by atomic mass is 10.3. The van der Waals surface area contributed by atoms with Gasteiger partial charge in [0.15, 0.2) is 6.04 Å². The summed E-state index contributed by atoms with van der Waals surface area (Å²) in [5, 5.41) is 19.5. The molecular formula is C8H14N2O5S. The summed E-state index contributed by atoms with van der Waals surface area (Å²) in [4.78, 5) is 23.5. The first-order valence-corrected chi connectivity index (χ1v) is 6.27. The summed E-state index contributed by atoms with van der Waals surface area (Å²) in [5.41, 5.74) is 0. The Morgan fingerprint density at radius 2 is 1.94 bits per heavy atom. The molecule has 0 aliphatic carbocycles. The number of aliphatic carboxylic acids is 1. The number of aliphatic hydroxyl groups excluding tert-OH is 1. The second-order valence-corrected chi connectivity index (χ2v) is 5.05. The third-order valence-corrected chi connectivity index (χ3v) is 3.52. The molecule has 0 aromatic heterocycles. The number of rotatable bonds is 3. The van der Waals surface area contributed by atoms with Crippen LogP contribution in [0.4, 0.5) is 4.79 Å². The normalized spacial score (nSPS) is 19.2. The van der Waals surface area contributed by atoms with Gasteiger partial charge in [0.05, 0.1) is 6.61 Å². The Bertz CT molecular complexity index is 299. The van der Waals surface area contributed by atoms with E-state index in [9.17, 15) is 13.8 Å². The van der Waals surface area contributed by atoms with Crippen molar-refractivity contribution < 1.29 is 24.0 Å². The van der Waals surface area contributed by atoms with Crippen LogP contribution in [0.5, 0.6) is 0 Å². The van der Waals surface area contributed by atoms with Gasteiger partial charge in [0.25, 0.3) is 0 Å². The van der Waals surface area contributed by atoms with E-state index in [-0.39, 0.29) is 0 Å². The predicted molar refractivity (Wildman–Crippen MR) is 56.5 cm³/mol. The van der Waals surface area contributed by atoms with Crippen LogP contribution in [0.1, 0.15) is 0 Å². The standard InChI is InChI=1S/C8H14N2O5S/c11-5-6(7(12)13)9-8(14)10-1-3-16(15)4-2-10/h6,11H,1-5H2,(H,9,14)(H,12,13). The Kier molecular flexibility index (Phi) is 4.69. The number of carboxylic acids is 1. The first kappa shape index (κ1) is 12.9. The number of urea groups is 1. The molecule has 7 nitrogen and oxygen atoms in total. The molecule has 0 saturated carbocycles. The van der Waals surface area contributed by atoms with Crippen LogP contribution in [-0.4, -0.2) is 68.6 Å². The molecule has 1 aliphatic heterocycles. The third-order valence-electron chi connectivity index (χ3n) is 2.24. The summed E-state index contributed by atoms with van der Waals surface area (Å²) in [6.07, 6.45) is 0. The first-order valence-electron chi connectivity index (χ1n) is 4.78. The molecule has 1 unspecified atom stereocenters. The average molecular weight is 250 g/mol. The second kappa shape index (κ2) is 5.80. The predicted octanol–water partition coefficient (Wildman–Crippen LogP) is -1.79. The molecule has 1 atom stereocenters. The highest BCUT2D eigenvalue weighted by atomic mass is 32.2. The Morgan fingerprint density at radius 3 is 2.38 bits per heavy atom. The van der Waals surface area contributed by atoms with Crippen molar-refractivity contribution in [3.05, 3.63) is 0 Å². The fourth-order valence-corrected chi connectivity index (χ4v) is 2.32. The molecule has 1 saturated heterocycles. The number of carbonyl (C=O) groups is 2. The highest BCUT2D eigenvalue weighted by molar-refractivity contribution is 7.85. The van der Waals surface area contributed by atoms with Gasteiger partial charge in [-0.2, -0.15) is 0 Å². The van der Waals surface area contributed by atoms with E-state index in [4.69, 9.17) is 10.2 Å². The zero-order valence-electron chi connectivity index (χ0n) is 8.59. The summed E-state index contributed by atoms with van der Waals surface area (Å²) in [5.74, 6) is -0.467. The number of carbonyl (C=O) groups excluding carboxylic acids is 1. The first-order chi connectivity index (χ1) is 7.54. The van der Waals surface area contributed by atoms with Gasteiger partial charge in [-0.3, -0.25) is 4.21 Å². The smallest absolute Gasteiger partial charge is 0.328 e. The van der Waals surface area contributed by atoms with E-state index in [1.54, 1.807) is 0 Å². The molecule has 0 aromatic carbocycles. The van der Waals surface area contributed by atoms with Crippen LogP contribution in [0.2, 0.25) is 0 Å². The fourth-order valence-electron chi connectivity index (χ4n) is 1.27. The van der Waals surface area contributed by atoms with Crippen molar-refractivity contribution >= 4 is 22.8 Å². The van der Waals surface area contributed by atoms with E-state index in [1.807, 2.05) is 0 Å². The molecule has 1 rings (SSSR count). The van der Waals surface area contributed by atoms with Crippen LogP contribution in [-0.2, 0) is 15.6 Å². The number of nitrogens with zero attached hydrogens (tertiary/aromatic N) is 1. The van der Waals surface area contributed by atoms with Crippen molar-refractivity contribution in [2.45, 2.75) is 6.04 Å². The molecule has 3 N–H and O–H groups in total. The van der Waals surface area contributed by atoms with Crippen molar-refractivity contribution in [3.8, 4) is 0 Å². The topological polar surface area (TPSA) is 107 Å². The average Bonchev–Trinajstić information content (AvgIpc) is 2.26. The number of carboxylic acid groups (broad SMARTS) is 1. The largest absolute Gasteiger partial charge is 0.480 e. The lowest BCUT2D eigenvalue weighted by Gasteiger charge is -2.27. The Hall–Kier alpha value is -1.15. The van der Waals surface area contributed by atoms with Gasteiger partial charge in [-0.25, -0.2) is 9.59 Å². The summed E-state index contributed by atoms with van der Waals surface area (Å²) in [7, 11) is -0.888. The molecule has 8 heteroatoms. The van der Waals surface area contributed by atoms with Gasteiger partial charge in [0.1, 0.15) is 0 Å². The summed E-state index contributed by atoms with van der Waals surface area (Å²) in [6, 6.07) is -1.84. The number of aliphatic hydroxyl groups is 1. The molecule has 1 heterocycles. The van der Waals surface area contributed by atoms with Crippen LogP contribution in [0.15, 0.2) is 0 Å². The van der Waals surface area contributed by atoms with E-state index in [2.05, 4.69) is 5.32 Å². The van der Waals surface area contributed by atoms with Crippen molar-refractivity contribution in [2.24, 2.45) is 0 Å².